The summed E-state index contributed by atoms with van der Waals surface area (Å²) >= 11 is 0. The van der Waals surface area contributed by atoms with E-state index in [1.54, 1.807) is 6.20 Å². The van der Waals surface area contributed by atoms with Gasteiger partial charge in [0.05, 0.1) is 6.20 Å². The number of piperidine rings is 1. The van der Waals surface area contributed by atoms with Crippen molar-refractivity contribution in [2.75, 3.05) is 37.0 Å². The van der Waals surface area contributed by atoms with Gasteiger partial charge in [-0.3, -0.25) is 0 Å². The van der Waals surface area contributed by atoms with Crippen LogP contribution in [0.15, 0.2) is 36.8 Å². The first kappa shape index (κ1) is 16.0. The molecule has 0 radical (unpaired) electrons. The van der Waals surface area contributed by atoms with E-state index in [0.29, 0.717) is 5.92 Å². The van der Waals surface area contributed by atoms with Gasteiger partial charge in [0.25, 0.3) is 0 Å². The molecule has 0 unspecified atom stereocenters. The molecule has 0 amide bonds. The molecule has 0 saturated carbocycles. The molecule has 4 aromatic heterocycles. The number of hydrogen-bond acceptors (Lipinski definition) is 7. The molecule has 0 aromatic carbocycles. The molecule has 9 nitrogen and oxygen atoms in total. The molecule has 0 N–H and O–H groups in total. The number of nitrogens with zero attached hydrogens (tertiary/aromatic N) is 9. The van der Waals surface area contributed by atoms with Gasteiger partial charge in [-0.1, -0.05) is 0 Å². The normalized spacial score (nSPS) is 15.7. The molecule has 27 heavy (non-hydrogen) atoms. The largest absolute Gasteiger partial charge is 0.361 e. The van der Waals surface area contributed by atoms with Crippen LogP contribution in [0.25, 0.3) is 11.2 Å². The summed E-state index contributed by atoms with van der Waals surface area (Å²) in [5, 5.41) is 17.7. The molecule has 5 rings (SSSR count). The molecule has 1 aliphatic rings. The second-order valence-electron chi connectivity index (χ2n) is 7.09. The maximum Gasteiger partial charge on any atom is 0.178 e. The summed E-state index contributed by atoms with van der Waals surface area (Å²) in [5.41, 5.74) is 1.84. The van der Waals surface area contributed by atoms with Gasteiger partial charge in [0.2, 0.25) is 0 Å². The molecule has 1 fully saturated rings. The molecule has 1 aliphatic heterocycles. The van der Waals surface area contributed by atoms with E-state index in [-0.39, 0.29) is 0 Å². The Morgan fingerprint density at radius 2 is 1.89 bits per heavy atom. The number of rotatable bonds is 3. The summed E-state index contributed by atoms with van der Waals surface area (Å²) in [6, 6.07) is 5.94. The maximum atomic E-state index is 4.70. The highest BCUT2D eigenvalue weighted by molar-refractivity contribution is 5.68. The first-order valence-electron chi connectivity index (χ1n) is 9.14. The zero-order valence-electron chi connectivity index (χ0n) is 15.4. The SMILES string of the molecule is CN(C)c1ccc2nnc(C3CCN(c4nccn5nccc45)CC3)n2n1. The Morgan fingerprint density at radius 1 is 1.04 bits per heavy atom. The van der Waals surface area contributed by atoms with Crippen LogP contribution in [0.3, 0.4) is 0 Å². The fraction of sp³-hybridized carbons (Fsp3) is 0.389. The van der Waals surface area contributed by atoms with Crippen molar-refractivity contribution in [2.45, 2.75) is 18.8 Å². The van der Waals surface area contributed by atoms with Crippen molar-refractivity contribution in [3.05, 3.63) is 42.6 Å². The molecular formula is C18H21N9. The molecule has 0 aliphatic carbocycles. The summed E-state index contributed by atoms with van der Waals surface area (Å²) in [4.78, 5) is 8.90. The van der Waals surface area contributed by atoms with Crippen LogP contribution in [0.5, 0.6) is 0 Å². The molecule has 0 atom stereocenters. The Kier molecular flexibility index (Phi) is 3.66. The fourth-order valence-corrected chi connectivity index (χ4v) is 3.73. The van der Waals surface area contributed by atoms with Gasteiger partial charge >= 0.3 is 0 Å². The molecule has 138 valence electrons. The van der Waals surface area contributed by atoms with E-state index < -0.39 is 0 Å². The van der Waals surface area contributed by atoms with Gasteiger partial charge in [-0.05, 0) is 31.0 Å². The van der Waals surface area contributed by atoms with Crippen molar-refractivity contribution in [3.63, 3.8) is 0 Å². The van der Waals surface area contributed by atoms with E-state index in [0.717, 1.165) is 54.6 Å². The number of fused-ring (bicyclic) bond motifs is 2. The van der Waals surface area contributed by atoms with Crippen molar-refractivity contribution in [1.29, 1.82) is 0 Å². The minimum absolute atomic E-state index is 0.339. The smallest absolute Gasteiger partial charge is 0.178 e. The summed E-state index contributed by atoms with van der Waals surface area (Å²) in [7, 11) is 3.97. The van der Waals surface area contributed by atoms with Crippen LogP contribution in [0.4, 0.5) is 11.6 Å². The van der Waals surface area contributed by atoms with Gasteiger partial charge in [0.1, 0.15) is 11.3 Å². The van der Waals surface area contributed by atoms with Crippen LogP contribution >= 0.6 is 0 Å². The number of aromatic nitrogens is 7. The minimum Gasteiger partial charge on any atom is -0.361 e. The molecule has 5 heterocycles. The Morgan fingerprint density at radius 3 is 2.70 bits per heavy atom. The fourth-order valence-electron chi connectivity index (χ4n) is 3.73. The van der Waals surface area contributed by atoms with Crippen LogP contribution < -0.4 is 9.80 Å². The monoisotopic (exact) mass is 363 g/mol. The summed E-state index contributed by atoms with van der Waals surface area (Å²) in [6.07, 6.45) is 7.47. The van der Waals surface area contributed by atoms with Crippen molar-refractivity contribution in [3.8, 4) is 0 Å². The Labute approximate surface area is 156 Å². The van der Waals surface area contributed by atoms with E-state index in [2.05, 4.69) is 25.2 Å². The predicted octanol–water partition coefficient (Wildman–Crippen LogP) is 1.62. The maximum absolute atomic E-state index is 4.70. The van der Waals surface area contributed by atoms with Crippen LogP contribution in [-0.2, 0) is 0 Å². The lowest BCUT2D eigenvalue weighted by Crippen LogP contribution is -2.34. The number of anilines is 2. The molecule has 0 spiro atoms. The van der Waals surface area contributed by atoms with Gasteiger partial charge in [-0.2, -0.15) is 9.61 Å². The zero-order chi connectivity index (χ0) is 18.4. The van der Waals surface area contributed by atoms with E-state index >= 15 is 0 Å². The van der Waals surface area contributed by atoms with Gasteiger partial charge < -0.3 is 9.80 Å². The minimum atomic E-state index is 0.339. The average Bonchev–Trinajstić information content (AvgIpc) is 3.34. The second kappa shape index (κ2) is 6.19. The van der Waals surface area contributed by atoms with Crippen LogP contribution in [-0.4, -0.2) is 61.6 Å². The lowest BCUT2D eigenvalue weighted by molar-refractivity contribution is 0.475. The van der Waals surface area contributed by atoms with E-state index in [1.807, 2.05) is 58.6 Å². The third-order valence-electron chi connectivity index (χ3n) is 5.19. The topological polar surface area (TPSA) is 79.8 Å². The lowest BCUT2D eigenvalue weighted by Gasteiger charge is -2.32. The molecule has 9 heteroatoms. The molecule has 0 bridgehead atoms. The predicted molar refractivity (Wildman–Crippen MR) is 102 cm³/mol. The highest BCUT2D eigenvalue weighted by Crippen LogP contribution is 2.30. The highest BCUT2D eigenvalue weighted by atomic mass is 15.4. The van der Waals surface area contributed by atoms with E-state index in [9.17, 15) is 0 Å². The van der Waals surface area contributed by atoms with Crippen molar-refractivity contribution >= 4 is 22.8 Å². The van der Waals surface area contributed by atoms with Crippen molar-refractivity contribution in [2.24, 2.45) is 0 Å². The number of hydrogen-bond donors (Lipinski definition) is 0. The van der Waals surface area contributed by atoms with Crippen LogP contribution in [0.1, 0.15) is 24.6 Å². The van der Waals surface area contributed by atoms with Gasteiger partial charge in [0.15, 0.2) is 17.3 Å². The first-order chi connectivity index (χ1) is 13.2. The van der Waals surface area contributed by atoms with E-state index in [1.165, 1.54) is 0 Å². The summed E-state index contributed by atoms with van der Waals surface area (Å²) in [6.45, 7) is 1.84. The second-order valence-corrected chi connectivity index (χ2v) is 7.09. The molecule has 4 aromatic rings. The van der Waals surface area contributed by atoms with Crippen LogP contribution in [0.2, 0.25) is 0 Å². The Bertz CT molecular complexity index is 1090. The molecular weight excluding hydrogens is 342 g/mol. The van der Waals surface area contributed by atoms with Gasteiger partial charge in [-0.15, -0.1) is 15.3 Å². The van der Waals surface area contributed by atoms with Crippen molar-refractivity contribution < 1.29 is 0 Å². The van der Waals surface area contributed by atoms with Crippen LogP contribution in [0, 0.1) is 0 Å². The summed E-state index contributed by atoms with van der Waals surface area (Å²) in [5.74, 6) is 3.18. The zero-order valence-corrected chi connectivity index (χ0v) is 15.4. The first-order valence-corrected chi connectivity index (χ1v) is 9.14. The Hall–Kier alpha value is -3.23. The lowest BCUT2D eigenvalue weighted by atomic mass is 9.96. The Balaban J connectivity index is 1.40. The average molecular weight is 363 g/mol. The quantitative estimate of drug-likeness (QED) is 0.547. The third kappa shape index (κ3) is 2.66. The standard InChI is InChI=1S/C18H21N9/c1-24(2)16-4-3-15-21-22-17(27(15)23-16)13-6-10-25(11-7-13)18-14-5-8-20-26(14)12-9-19-18/h3-5,8-9,12-13H,6-7,10-11H2,1-2H3. The molecule has 1 saturated heterocycles. The van der Waals surface area contributed by atoms with Crippen molar-refractivity contribution in [1.82, 2.24) is 34.4 Å². The summed E-state index contributed by atoms with van der Waals surface area (Å²) < 4.78 is 3.76. The highest BCUT2D eigenvalue weighted by Gasteiger charge is 2.26. The van der Waals surface area contributed by atoms with Gasteiger partial charge in [-0.25, -0.2) is 9.50 Å². The third-order valence-corrected chi connectivity index (χ3v) is 5.19. The van der Waals surface area contributed by atoms with E-state index in [4.69, 9.17) is 5.10 Å². The van der Waals surface area contributed by atoms with Gasteiger partial charge in [0, 0.05) is 45.5 Å².